The first-order valence-electron chi connectivity index (χ1n) is 5.87. The van der Waals surface area contributed by atoms with E-state index in [-0.39, 0.29) is 6.61 Å². The SMILES string of the molecule is CC(C)CCOC(=O)CC(C(=O)O)C(C)C(=O)O. The van der Waals surface area contributed by atoms with E-state index in [4.69, 9.17) is 14.9 Å². The van der Waals surface area contributed by atoms with Crippen molar-refractivity contribution in [2.45, 2.75) is 33.6 Å². The van der Waals surface area contributed by atoms with E-state index in [2.05, 4.69) is 0 Å². The number of esters is 1. The van der Waals surface area contributed by atoms with Gasteiger partial charge in [-0.25, -0.2) is 0 Å². The summed E-state index contributed by atoms with van der Waals surface area (Å²) in [5, 5.41) is 17.6. The Kier molecular flexibility index (Phi) is 7.00. The lowest BCUT2D eigenvalue weighted by Crippen LogP contribution is -2.30. The van der Waals surface area contributed by atoms with E-state index in [1.54, 1.807) is 0 Å². The van der Waals surface area contributed by atoms with Crippen molar-refractivity contribution >= 4 is 17.9 Å². The van der Waals surface area contributed by atoms with E-state index >= 15 is 0 Å². The van der Waals surface area contributed by atoms with Crippen LogP contribution >= 0.6 is 0 Å². The van der Waals surface area contributed by atoms with Crippen molar-refractivity contribution in [3.63, 3.8) is 0 Å². The number of hydrogen-bond acceptors (Lipinski definition) is 4. The molecule has 0 amide bonds. The zero-order chi connectivity index (χ0) is 14.3. The molecule has 0 heterocycles. The van der Waals surface area contributed by atoms with Gasteiger partial charge in [-0.05, 0) is 12.3 Å². The molecule has 0 radical (unpaired) electrons. The smallest absolute Gasteiger partial charge is 0.307 e. The highest BCUT2D eigenvalue weighted by Gasteiger charge is 2.32. The van der Waals surface area contributed by atoms with Gasteiger partial charge in [-0.2, -0.15) is 0 Å². The van der Waals surface area contributed by atoms with Crippen LogP contribution in [0.3, 0.4) is 0 Å². The van der Waals surface area contributed by atoms with Crippen molar-refractivity contribution < 1.29 is 29.3 Å². The number of aliphatic carboxylic acids is 2. The zero-order valence-corrected chi connectivity index (χ0v) is 10.9. The molecule has 104 valence electrons. The summed E-state index contributed by atoms with van der Waals surface area (Å²) in [7, 11) is 0. The second-order valence-corrected chi connectivity index (χ2v) is 4.68. The molecule has 0 bridgehead atoms. The fraction of sp³-hybridized carbons (Fsp3) is 0.750. The van der Waals surface area contributed by atoms with Gasteiger partial charge in [-0.3, -0.25) is 14.4 Å². The summed E-state index contributed by atoms with van der Waals surface area (Å²) in [5.41, 5.74) is 0. The minimum absolute atomic E-state index is 0.226. The first kappa shape index (κ1) is 16.4. The Hall–Kier alpha value is -1.59. The number of rotatable bonds is 8. The summed E-state index contributed by atoms with van der Waals surface area (Å²) >= 11 is 0. The highest BCUT2D eigenvalue weighted by atomic mass is 16.5. The van der Waals surface area contributed by atoms with Crippen molar-refractivity contribution in [3.05, 3.63) is 0 Å². The Morgan fingerprint density at radius 3 is 2.00 bits per heavy atom. The zero-order valence-electron chi connectivity index (χ0n) is 10.9. The number of ether oxygens (including phenoxy) is 1. The molecule has 18 heavy (non-hydrogen) atoms. The molecule has 0 aliphatic heterocycles. The monoisotopic (exact) mass is 260 g/mol. The fourth-order valence-corrected chi connectivity index (χ4v) is 1.30. The van der Waals surface area contributed by atoms with Crippen LogP contribution in [-0.2, 0) is 19.1 Å². The predicted octanol–water partition coefficient (Wildman–Crippen LogP) is 1.39. The molecule has 0 aromatic carbocycles. The predicted molar refractivity (Wildman–Crippen MR) is 63.0 cm³/mol. The molecule has 6 heteroatoms. The van der Waals surface area contributed by atoms with Crippen LogP contribution in [0.25, 0.3) is 0 Å². The Labute approximate surface area is 106 Å². The highest BCUT2D eigenvalue weighted by Crippen LogP contribution is 2.17. The fourth-order valence-electron chi connectivity index (χ4n) is 1.30. The van der Waals surface area contributed by atoms with Gasteiger partial charge in [-0.1, -0.05) is 20.8 Å². The normalized spacial score (nSPS) is 14.0. The Bertz CT molecular complexity index is 310. The first-order chi connectivity index (χ1) is 8.25. The standard InChI is InChI=1S/C12H20O6/c1-7(2)4-5-18-10(13)6-9(12(16)17)8(3)11(14)15/h7-9H,4-6H2,1-3H3,(H,14,15)(H,16,17). The molecule has 0 aromatic heterocycles. The maximum Gasteiger partial charge on any atom is 0.307 e. The molecular weight excluding hydrogens is 240 g/mol. The van der Waals surface area contributed by atoms with Crippen LogP contribution in [0, 0.1) is 17.8 Å². The average molecular weight is 260 g/mol. The van der Waals surface area contributed by atoms with E-state index in [0.717, 1.165) is 0 Å². The summed E-state index contributed by atoms with van der Waals surface area (Å²) < 4.78 is 4.87. The maximum absolute atomic E-state index is 11.4. The molecule has 0 rings (SSSR count). The molecule has 0 saturated heterocycles. The molecular formula is C12H20O6. The summed E-state index contributed by atoms with van der Waals surface area (Å²) in [4.78, 5) is 33.0. The van der Waals surface area contributed by atoms with Gasteiger partial charge in [0, 0.05) is 0 Å². The van der Waals surface area contributed by atoms with Crippen LogP contribution in [0.4, 0.5) is 0 Å². The van der Waals surface area contributed by atoms with Gasteiger partial charge in [0.1, 0.15) is 0 Å². The number of carbonyl (C=O) groups is 3. The molecule has 0 aliphatic rings. The number of carboxylic acids is 2. The van der Waals surface area contributed by atoms with Gasteiger partial charge in [0.25, 0.3) is 0 Å². The van der Waals surface area contributed by atoms with Gasteiger partial charge >= 0.3 is 17.9 Å². The second kappa shape index (κ2) is 7.68. The lowest BCUT2D eigenvalue weighted by Gasteiger charge is -2.15. The summed E-state index contributed by atoms with van der Waals surface area (Å²) in [6.45, 7) is 5.44. The van der Waals surface area contributed by atoms with Crippen LogP contribution in [0.1, 0.15) is 33.6 Å². The summed E-state index contributed by atoms with van der Waals surface area (Å²) in [6, 6.07) is 0. The quantitative estimate of drug-likeness (QED) is 0.639. The molecule has 0 fully saturated rings. The Morgan fingerprint density at radius 2 is 1.61 bits per heavy atom. The minimum Gasteiger partial charge on any atom is -0.481 e. The lowest BCUT2D eigenvalue weighted by molar-refractivity contribution is -0.158. The van der Waals surface area contributed by atoms with Crippen LogP contribution in [0.5, 0.6) is 0 Å². The van der Waals surface area contributed by atoms with Crippen molar-refractivity contribution in [1.82, 2.24) is 0 Å². The van der Waals surface area contributed by atoms with E-state index < -0.39 is 36.2 Å². The lowest BCUT2D eigenvalue weighted by atomic mass is 9.91. The second-order valence-electron chi connectivity index (χ2n) is 4.68. The van der Waals surface area contributed by atoms with E-state index in [1.807, 2.05) is 13.8 Å². The third-order valence-electron chi connectivity index (χ3n) is 2.66. The first-order valence-corrected chi connectivity index (χ1v) is 5.87. The highest BCUT2D eigenvalue weighted by molar-refractivity contribution is 5.84. The number of hydrogen-bond donors (Lipinski definition) is 2. The molecule has 2 atom stereocenters. The van der Waals surface area contributed by atoms with Gasteiger partial charge in [0.2, 0.25) is 0 Å². The third kappa shape index (κ3) is 6.22. The van der Waals surface area contributed by atoms with Gasteiger partial charge in [0.15, 0.2) is 0 Å². The topological polar surface area (TPSA) is 101 Å². The molecule has 0 spiro atoms. The van der Waals surface area contributed by atoms with Crippen molar-refractivity contribution in [2.24, 2.45) is 17.8 Å². The summed E-state index contributed by atoms with van der Waals surface area (Å²) in [6.07, 6.45) is 0.277. The van der Waals surface area contributed by atoms with E-state index in [0.29, 0.717) is 12.3 Å². The largest absolute Gasteiger partial charge is 0.481 e. The van der Waals surface area contributed by atoms with Gasteiger partial charge < -0.3 is 14.9 Å². The van der Waals surface area contributed by atoms with Crippen LogP contribution in [0.15, 0.2) is 0 Å². The molecule has 0 saturated carbocycles. The molecule has 0 aliphatic carbocycles. The molecule has 0 aromatic rings. The Balaban J connectivity index is 4.29. The minimum atomic E-state index is -1.30. The third-order valence-corrected chi connectivity index (χ3v) is 2.66. The van der Waals surface area contributed by atoms with Crippen molar-refractivity contribution in [3.8, 4) is 0 Å². The van der Waals surface area contributed by atoms with Crippen molar-refractivity contribution in [2.75, 3.05) is 6.61 Å². The van der Waals surface area contributed by atoms with Crippen molar-refractivity contribution in [1.29, 1.82) is 0 Å². The Morgan fingerprint density at radius 1 is 1.06 bits per heavy atom. The average Bonchev–Trinajstić information content (AvgIpc) is 2.23. The van der Waals surface area contributed by atoms with Gasteiger partial charge in [0.05, 0.1) is 24.9 Å². The van der Waals surface area contributed by atoms with Crippen LogP contribution in [-0.4, -0.2) is 34.7 Å². The van der Waals surface area contributed by atoms with Gasteiger partial charge in [-0.15, -0.1) is 0 Å². The summed E-state index contributed by atoms with van der Waals surface area (Å²) in [5.74, 6) is -5.21. The molecule has 2 unspecified atom stereocenters. The van der Waals surface area contributed by atoms with Crippen LogP contribution < -0.4 is 0 Å². The molecule has 2 N–H and O–H groups in total. The number of carbonyl (C=O) groups excluding carboxylic acids is 1. The maximum atomic E-state index is 11.4. The molecule has 6 nitrogen and oxygen atoms in total. The van der Waals surface area contributed by atoms with E-state index in [1.165, 1.54) is 6.92 Å². The van der Waals surface area contributed by atoms with E-state index in [9.17, 15) is 14.4 Å². The number of carboxylic acid groups (broad SMARTS) is 2. The van der Waals surface area contributed by atoms with Crippen LogP contribution in [0.2, 0.25) is 0 Å².